The van der Waals surface area contributed by atoms with Gasteiger partial charge in [-0.25, -0.2) is 0 Å². The van der Waals surface area contributed by atoms with Crippen molar-refractivity contribution in [1.82, 2.24) is 4.90 Å². The summed E-state index contributed by atoms with van der Waals surface area (Å²) in [5, 5.41) is 0. The van der Waals surface area contributed by atoms with E-state index < -0.39 is 0 Å². The van der Waals surface area contributed by atoms with Crippen LogP contribution in [0.1, 0.15) is 54.6 Å². The molecule has 1 heterocycles. The molecule has 3 rings (SSSR count). The number of carbonyl (C=O) groups excluding carboxylic acids is 2. The highest BCUT2D eigenvalue weighted by molar-refractivity contribution is 5.98. The van der Waals surface area contributed by atoms with E-state index in [-0.39, 0.29) is 17.6 Å². The number of methoxy groups -OCH3 is 2. The third-order valence-electron chi connectivity index (χ3n) is 6.18. The number of rotatable bonds is 9. The average molecular weight is 438 g/mol. The Bertz CT molecular complexity index is 912. The summed E-state index contributed by atoms with van der Waals surface area (Å²) in [7, 11) is 3.22. The molecule has 0 radical (unpaired) electrons. The van der Waals surface area contributed by atoms with Gasteiger partial charge in [0.25, 0.3) is 0 Å². The number of nitrogens with zero attached hydrogens (tertiary/aromatic N) is 1. The van der Waals surface area contributed by atoms with Crippen molar-refractivity contribution >= 4 is 11.7 Å². The van der Waals surface area contributed by atoms with Gasteiger partial charge in [0.2, 0.25) is 5.91 Å². The predicted molar refractivity (Wildman–Crippen MR) is 126 cm³/mol. The number of hydrogen-bond acceptors (Lipinski definition) is 4. The van der Waals surface area contributed by atoms with Crippen LogP contribution in [0.5, 0.6) is 11.5 Å². The Morgan fingerprint density at radius 2 is 1.56 bits per heavy atom. The average Bonchev–Trinajstić information content (AvgIpc) is 2.82. The smallest absolute Gasteiger partial charge is 0.222 e. The SMILES string of the molecule is COc1ccc(CCC(=O)N2CCC(C(=O)c3ccc(CC(C)C)cc3)CC2)cc1OC. The van der Waals surface area contributed by atoms with E-state index in [0.29, 0.717) is 43.3 Å². The van der Waals surface area contributed by atoms with E-state index in [1.807, 2.05) is 35.2 Å². The summed E-state index contributed by atoms with van der Waals surface area (Å²) in [6.45, 7) is 5.68. The molecule has 0 bridgehead atoms. The molecule has 1 saturated heterocycles. The van der Waals surface area contributed by atoms with Crippen molar-refractivity contribution in [2.75, 3.05) is 27.3 Å². The lowest BCUT2D eigenvalue weighted by Gasteiger charge is -2.31. The Morgan fingerprint density at radius 1 is 0.938 bits per heavy atom. The van der Waals surface area contributed by atoms with Gasteiger partial charge in [0.05, 0.1) is 14.2 Å². The van der Waals surface area contributed by atoms with Gasteiger partial charge in [0.15, 0.2) is 17.3 Å². The number of Topliss-reactive ketones (excluding diaryl/α,β-unsaturated/α-hetero) is 1. The summed E-state index contributed by atoms with van der Waals surface area (Å²) in [6.07, 6.45) is 3.59. The Labute approximate surface area is 191 Å². The van der Waals surface area contributed by atoms with Crippen LogP contribution in [0.15, 0.2) is 42.5 Å². The predicted octanol–water partition coefficient (Wildman–Crippen LogP) is 4.96. The molecule has 2 aromatic carbocycles. The number of benzene rings is 2. The Morgan fingerprint density at radius 3 is 2.16 bits per heavy atom. The first-order valence-corrected chi connectivity index (χ1v) is 11.5. The molecule has 1 amide bonds. The van der Waals surface area contributed by atoms with Crippen molar-refractivity contribution in [3.05, 3.63) is 59.2 Å². The largest absolute Gasteiger partial charge is 0.493 e. The van der Waals surface area contributed by atoms with E-state index in [4.69, 9.17) is 9.47 Å². The maximum atomic E-state index is 12.9. The van der Waals surface area contributed by atoms with Crippen LogP contribution < -0.4 is 9.47 Å². The molecule has 0 saturated carbocycles. The standard InChI is InChI=1S/C27H35NO4/c1-19(2)17-20-5-9-22(10-6-20)27(30)23-13-15-28(16-14-23)26(29)12-8-21-7-11-24(31-3)25(18-21)32-4/h5-7,9-11,18-19,23H,8,12-17H2,1-4H3. The van der Waals surface area contributed by atoms with Gasteiger partial charge in [-0.3, -0.25) is 9.59 Å². The molecule has 2 aromatic rings. The molecule has 5 heteroatoms. The maximum absolute atomic E-state index is 12.9. The number of ketones is 1. The molecule has 0 unspecified atom stereocenters. The van der Waals surface area contributed by atoms with Crippen LogP contribution >= 0.6 is 0 Å². The zero-order chi connectivity index (χ0) is 23.1. The number of carbonyl (C=O) groups is 2. The molecular weight excluding hydrogens is 402 g/mol. The van der Waals surface area contributed by atoms with E-state index >= 15 is 0 Å². The topological polar surface area (TPSA) is 55.8 Å². The molecule has 0 N–H and O–H groups in total. The van der Waals surface area contributed by atoms with E-state index in [9.17, 15) is 9.59 Å². The number of amides is 1. The fourth-order valence-corrected chi connectivity index (χ4v) is 4.35. The lowest BCUT2D eigenvalue weighted by molar-refractivity contribution is -0.132. The third kappa shape index (κ3) is 6.12. The van der Waals surface area contributed by atoms with Gasteiger partial charge in [-0.1, -0.05) is 44.2 Å². The quantitative estimate of drug-likeness (QED) is 0.521. The summed E-state index contributed by atoms with van der Waals surface area (Å²) in [5.41, 5.74) is 3.10. The second-order valence-electron chi connectivity index (χ2n) is 9.00. The zero-order valence-electron chi connectivity index (χ0n) is 19.7. The second-order valence-corrected chi connectivity index (χ2v) is 9.00. The van der Waals surface area contributed by atoms with Crippen LogP contribution in [-0.4, -0.2) is 43.9 Å². The minimum absolute atomic E-state index is 0.000785. The van der Waals surface area contributed by atoms with Crippen LogP contribution in [0.4, 0.5) is 0 Å². The molecule has 32 heavy (non-hydrogen) atoms. The van der Waals surface area contributed by atoms with Crippen LogP contribution in [0.3, 0.4) is 0 Å². The van der Waals surface area contributed by atoms with Crippen molar-refractivity contribution in [3.63, 3.8) is 0 Å². The summed E-state index contributed by atoms with van der Waals surface area (Å²) in [6, 6.07) is 13.8. The number of piperidine rings is 1. The van der Waals surface area contributed by atoms with Crippen molar-refractivity contribution in [1.29, 1.82) is 0 Å². The highest BCUT2D eigenvalue weighted by atomic mass is 16.5. The lowest BCUT2D eigenvalue weighted by Crippen LogP contribution is -2.40. The monoisotopic (exact) mass is 437 g/mol. The zero-order valence-corrected chi connectivity index (χ0v) is 19.7. The van der Waals surface area contributed by atoms with Gasteiger partial charge in [0.1, 0.15) is 0 Å². The number of ether oxygens (including phenoxy) is 2. The second kappa shape index (κ2) is 11.2. The Kier molecular flexibility index (Phi) is 8.32. The first-order chi connectivity index (χ1) is 15.4. The first-order valence-electron chi connectivity index (χ1n) is 11.5. The van der Waals surface area contributed by atoms with Crippen molar-refractivity contribution < 1.29 is 19.1 Å². The van der Waals surface area contributed by atoms with Gasteiger partial charge in [-0.2, -0.15) is 0 Å². The number of aryl methyl sites for hydroxylation is 1. The molecule has 1 fully saturated rings. The Balaban J connectivity index is 1.48. The molecule has 0 aromatic heterocycles. The summed E-state index contributed by atoms with van der Waals surface area (Å²) in [5.74, 6) is 2.31. The van der Waals surface area contributed by atoms with Crippen molar-refractivity contribution in [2.24, 2.45) is 11.8 Å². The molecule has 1 aliphatic heterocycles. The Hall–Kier alpha value is -2.82. The van der Waals surface area contributed by atoms with Gasteiger partial charge in [-0.05, 0) is 54.9 Å². The minimum Gasteiger partial charge on any atom is -0.493 e. The molecule has 5 nitrogen and oxygen atoms in total. The van der Waals surface area contributed by atoms with Crippen LogP contribution in [0.25, 0.3) is 0 Å². The van der Waals surface area contributed by atoms with E-state index in [0.717, 1.165) is 30.4 Å². The highest BCUT2D eigenvalue weighted by Gasteiger charge is 2.27. The molecule has 172 valence electrons. The first kappa shape index (κ1) is 23.8. The normalized spacial score (nSPS) is 14.5. The fraction of sp³-hybridized carbons (Fsp3) is 0.481. The van der Waals surface area contributed by atoms with Crippen LogP contribution in [0, 0.1) is 11.8 Å². The van der Waals surface area contributed by atoms with E-state index in [1.165, 1.54) is 5.56 Å². The fourth-order valence-electron chi connectivity index (χ4n) is 4.35. The van der Waals surface area contributed by atoms with E-state index in [2.05, 4.69) is 26.0 Å². The summed E-state index contributed by atoms with van der Waals surface area (Å²) < 4.78 is 10.6. The number of hydrogen-bond donors (Lipinski definition) is 0. The highest BCUT2D eigenvalue weighted by Crippen LogP contribution is 2.28. The number of likely N-dealkylation sites (tertiary alicyclic amines) is 1. The van der Waals surface area contributed by atoms with Gasteiger partial charge < -0.3 is 14.4 Å². The van der Waals surface area contributed by atoms with Crippen molar-refractivity contribution in [2.45, 2.75) is 46.0 Å². The third-order valence-corrected chi connectivity index (χ3v) is 6.18. The summed E-state index contributed by atoms with van der Waals surface area (Å²) >= 11 is 0. The van der Waals surface area contributed by atoms with Gasteiger partial charge >= 0.3 is 0 Å². The van der Waals surface area contributed by atoms with E-state index in [1.54, 1.807) is 14.2 Å². The van der Waals surface area contributed by atoms with Crippen LogP contribution in [-0.2, 0) is 17.6 Å². The molecule has 0 spiro atoms. The van der Waals surface area contributed by atoms with Crippen LogP contribution in [0.2, 0.25) is 0 Å². The lowest BCUT2D eigenvalue weighted by atomic mass is 9.88. The van der Waals surface area contributed by atoms with Gasteiger partial charge in [-0.15, -0.1) is 0 Å². The molecular formula is C27H35NO4. The van der Waals surface area contributed by atoms with Crippen molar-refractivity contribution in [3.8, 4) is 11.5 Å². The summed E-state index contributed by atoms with van der Waals surface area (Å²) in [4.78, 5) is 27.5. The molecule has 0 aliphatic carbocycles. The molecule has 0 atom stereocenters. The minimum atomic E-state index is 0.000785. The maximum Gasteiger partial charge on any atom is 0.222 e. The van der Waals surface area contributed by atoms with Gasteiger partial charge in [0, 0.05) is 31.0 Å². The molecule has 1 aliphatic rings.